The van der Waals surface area contributed by atoms with Crippen LogP contribution in [0.1, 0.15) is 107 Å². The molecule has 4 N–H and O–H groups in total. The molecule has 0 amide bonds. The van der Waals surface area contributed by atoms with E-state index in [2.05, 4.69) is 34.6 Å². The third-order valence-electron chi connectivity index (χ3n) is 12.2. The van der Waals surface area contributed by atoms with E-state index in [4.69, 9.17) is 0 Å². The fraction of sp³-hybridized carbons (Fsp3) is 0.933. The van der Waals surface area contributed by atoms with Crippen LogP contribution in [0.25, 0.3) is 0 Å². The summed E-state index contributed by atoms with van der Waals surface area (Å²) in [6.45, 7) is 17.3. The van der Waals surface area contributed by atoms with Gasteiger partial charge in [-0.1, -0.05) is 46.8 Å². The number of hydrogen-bond acceptors (Lipinski definition) is 4. The molecule has 4 saturated carbocycles. The molecule has 0 heterocycles. The topological polar surface area (TPSA) is 80.9 Å². The zero-order valence-electron chi connectivity index (χ0n) is 23.1. The molecule has 0 saturated heterocycles. The second kappa shape index (κ2) is 8.04. The van der Waals surface area contributed by atoms with Crippen molar-refractivity contribution in [1.29, 1.82) is 0 Å². The van der Waals surface area contributed by atoms with Crippen molar-refractivity contribution in [3.63, 3.8) is 0 Å². The zero-order chi connectivity index (χ0) is 25.5. The standard InChI is InChI=1S/C30H52O4/c1-25(2,33)13-9-14-30(8,34)19-10-16-29(7)24(19)20(31)18-22-27(5)15-12-23(32)26(3,4)21(27)11-17-28(22,29)6/h9,13,19-24,31-34H,10-12,14-18H2,1-8H3/b13-9+/t19-,20+,21-,22+,23+,24-,27-,28+,29+,30-/m0/s1. The SMILES string of the molecule is CC(C)(O)/C=C/C[C@](C)(O)[C@H]1CC[C@]2(C)[C@@H]1[C@H](O)C[C@@H]1[C@@]3(C)CC[C@@H](O)C(C)(C)[C@@H]3CC[C@]12C. The van der Waals surface area contributed by atoms with Gasteiger partial charge in [0.05, 0.1) is 23.4 Å². The third kappa shape index (κ3) is 3.76. The van der Waals surface area contributed by atoms with Crippen LogP contribution >= 0.6 is 0 Å². The highest BCUT2D eigenvalue weighted by Gasteiger charge is 2.71. The van der Waals surface area contributed by atoms with Gasteiger partial charge in [0.25, 0.3) is 0 Å². The fourth-order valence-electron chi connectivity index (χ4n) is 10.2. The molecule has 4 rings (SSSR count). The normalized spacial score (nSPS) is 50.4. The van der Waals surface area contributed by atoms with Crippen molar-refractivity contribution in [2.75, 3.05) is 0 Å². The smallest absolute Gasteiger partial charge is 0.0771 e. The Labute approximate surface area is 208 Å². The molecule has 196 valence electrons. The highest BCUT2D eigenvalue weighted by Crippen LogP contribution is 2.75. The van der Waals surface area contributed by atoms with E-state index < -0.39 is 17.3 Å². The van der Waals surface area contributed by atoms with E-state index in [9.17, 15) is 20.4 Å². The second-order valence-electron chi connectivity index (χ2n) is 15.0. The highest BCUT2D eigenvalue weighted by molar-refractivity contribution is 5.20. The van der Waals surface area contributed by atoms with E-state index in [1.165, 1.54) is 0 Å². The van der Waals surface area contributed by atoms with Crippen LogP contribution in [0.2, 0.25) is 0 Å². The molecule has 0 aliphatic heterocycles. The summed E-state index contributed by atoms with van der Waals surface area (Å²) in [5.41, 5.74) is -1.66. The van der Waals surface area contributed by atoms with E-state index in [1.54, 1.807) is 19.9 Å². The lowest BCUT2D eigenvalue weighted by atomic mass is 9.35. The van der Waals surface area contributed by atoms with Crippen LogP contribution in [0.4, 0.5) is 0 Å². The molecule has 10 atom stereocenters. The number of rotatable bonds is 4. The third-order valence-corrected chi connectivity index (χ3v) is 12.2. The summed E-state index contributed by atoms with van der Waals surface area (Å²) in [5.74, 6) is 1.04. The van der Waals surface area contributed by atoms with E-state index in [1.807, 2.05) is 13.0 Å². The summed E-state index contributed by atoms with van der Waals surface area (Å²) >= 11 is 0. The Balaban J connectivity index is 1.66. The second-order valence-corrected chi connectivity index (χ2v) is 15.0. The summed E-state index contributed by atoms with van der Waals surface area (Å²) in [5, 5.41) is 44.3. The van der Waals surface area contributed by atoms with E-state index >= 15 is 0 Å². The van der Waals surface area contributed by atoms with Crippen LogP contribution in [0.15, 0.2) is 12.2 Å². The van der Waals surface area contributed by atoms with Crippen molar-refractivity contribution >= 4 is 0 Å². The lowest BCUT2D eigenvalue weighted by molar-refractivity contribution is -0.246. The number of hydrogen-bond donors (Lipinski definition) is 4. The van der Waals surface area contributed by atoms with Crippen LogP contribution in [-0.2, 0) is 0 Å². The van der Waals surface area contributed by atoms with Crippen LogP contribution in [-0.4, -0.2) is 43.8 Å². The molecule has 0 spiro atoms. The molecule has 0 bridgehead atoms. The zero-order valence-corrected chi connectivity index (χ0v) is 23.1. The number of aliphatic hydroxyl groups excluding tert-OH is 2. The number of fused-ring (bicyclic) bond motifs is 5. The monoisotopic (exact) mass is 476 g/mol. The molecule has 0 radical (unpaired) electrons. The van der Waals surface area contributed by atoms with Crippen molar-refractivity contribution in [1.82, 2.24) is 0 Å². The van der Waals surface area contributed by atoms with Gasteiger partial charge in [0.15, 0.2) is 0 Å². The van der Waals surface area contributed by atoms with Crippen molar-refractivity contribution in [2.45, 2.75) is 130 Å². The van der Waals surface area contributed by atoms with Gasteiger partial charge in [-0.15, -0.1) is 0 Å². The molecular weight excluding hydrogens is 424 g/mol. The summed E-state index contributed by atoms with van der Waals surface area (Å²) in [4.78, 5) is 0. The lowest BCUT2D eigenvalue weighted by Crippen LogP contribution is -2.66. The predicted molar refractivity (Wildman–Crippen MR) is 137 cm³/mol. The summed E-state index contributed by atoms with van der Waals surface area (Å²) in [7, 11) is 0. The summed E-state index contributed by atoms with van der Waals surface area (Å²) < 4.78 is 0. The van der Waals surface area contributed by atoms with Gasteiger partial charge in [0.2, 0.25) is 0 Å². The van der Waals surface area contributed by atoms with Crippen molar-refractivity contribution in [3.8, 4) is 0 Å². The van der Waals surface area contributed by atoms with Crippen LogP contribution < -0.4 is 0 Å². The minimum absolute atomic E-state index is 0.0157. The Bertz CT molecular complexity index is 809. The molecule has 4 nitrogen and oxygen atoms in total. The van der Waals surface area contributed by atoms with E-state index in [0.29, 0.717) is 18.3 Å². The van der Waals surface area contributed by atoms with Crippen molar-refractivity contribution in [3.05, 3.63) is 12.2 Å². The molecule has 0 aromatic rings. The Morgan fingerprint density at radius 2 is 1.44 bits per heavy atom. The molecule has 0 aromatic heterocycles. The molecule has 4 aliphatic carbocycles. The maximum absolute atomic E-state index is 11.8. The van der Waals surface area contributed by atoms with Gasteiger partial charge in [-0.05, 0) is 117 Å². The molecule has 0 aromatic carbocycles. The van der Waals surface area contributed by atoms with Gasteiger partial charge in [0, 0.05) is 0 Å². The molecule has 4 fully saturated rings. The lowest BCUT2D eigenvalue weighted by Gasteiger charge is -2.70. The fourth-order valence-corrected chi connectivity index (χ4v) is 10.2. The average molecular weight is 477 g/mol. The summed E-state index contributed by atoms with van der Waals surface area (Å²) in [6.07, 6.45) is 10.5. The van der Waals surface area contributed by atoms with Gasteiger partial charge in [-0.3, -0.25) is 0 Å². The first-order chi connectivity index (χ1) is 15.4. The largest absolute Gasteiger partial charge is 0.393 e. The van der Waals surface area contributed by atoms with Gasteiger partial charge >= 0.3 is 0 Å². The predicted octanol–water partition coefficient (Wildman–Crippen LogP) is 5.47. The average Bonchev–Trinajstić information content (AvgIpc) is 3.07. The summed E-state index contributed by atoms with van der Waals surface area (Å²) in [6, 6.07) is 0. The van der Waals surface area contributed by atoms with Crippen molar-refractivity contribution in [2.24, 2.45) is 45.3 Å². The maximum Gasteiger partial charge on any atom is 0.0771 e. The molecular formula is C30H52O4. The minimum atomic E-state index is -0.910. The Kier molecular flexibility index (Phi) is 6.30. The van der Waals surface area contributed by atoms with Crippen molar-refractivity contribution < 1.29 is 20.4 Å². The Hall–Kier alpha value is -0.420. The maximum atomic E-state index is 11.8. The van der Waals surface area contributed by atoms with Crippen LogP contribution in [0.5, 0.6) is 0 Å². The first-order valence-corrected chi connectivity index (χ1v) is 13.9. The van der Waals surface area contributed by atoms with Gasteiger partial charge < -0.3 is 20.4 Å². The molecule has 0 unspecified atom stereocenters. The van der Waals surface area contributed by atoms with E-state index in [0.717, 1.165) is 44.9 Å². The Morgan fingerprint density at radius 3 is 2.06 bits per heavy atom. The minimum Gasteiger partial charge on any atom is -0.393 e. The quantitative estimate of drug-likeness (QED) is 0.406. The molecule has 4 heteroatoms. The van der Waals surface area contributed by atoms with Gasteiger partial charge in [-0.2, -0.15) is 0 Å². The number of aliphatic hydroxyl groups is 4. The molecule has 34 heavy (non-hydrogen) atoms. The van der Waals surface area contributed by atoms with Gasteiger partial charge in [0.1, 0.15) is 0 Å². The Morgan fingerprint density at radius 1 is 0.824 bits per heavy atom. The van der Waals surface area contributed by atoms with E-state index in [-0.39, 0.29) is 39.6 Å². The highest BCUT2D eigenvalue weighted by atomic mass is 16.3. The van der Waals surface area contributed by atoms with Crippen LogP contribution in [0, 0.1) is 45.3 Å². The first kappa shape index (κ1) is 26.6. The molecule has 4 aliphatic rings. The first-order valence-electron chi connectivity index (χ1n) is 13.9. The van der Waals surface area contributed by atoms with Gasteiger partial charge in [-0.25, -0.2) is 0 Å². The van der Waals surface area contributed by atoms with Crippen LogP contribution in [0.3, 0.4) is 0 Å².